The smallest absolute Gasteiger partial charge is 0.307 e. The van der Waals surface area contributed by atoms with Crippen LogP contribution in [0.4, 0.5) is 0 Å². The second-order valence-electron chi connectivity index (χ2n) is 2.41. The molecule has 4 nitrogen and oxygen atoms in total. The number of nitrogens with one attached hydrogen (secondary N) is 1. The number of rotatable bonds is 2. The molecule has 4 heteroatoms. The summed E-state index contributed by atoms with van der Waals surface area (Å²) in [5.41, 5.74) is 0. The summed E-state index contributed by atoms with van der Waals surface area (Å²) in [4.78, 5) is 20.3. The molecular formula is C10H13NO3. The molecule has 0 saturated heterocycles. The fourth-order valence-electron chi connectivity index (χ4n) is 0.720. The van der Waals surface area contributed by atoms with Crippen molar-refractivity contribution in [2.24, 2.45) is 5.92 Å². The summed E-state index contributed by atoms with van der Waals surface area (Å²) in [6, 6.07) is 0. The number of carbonyl (C=O) groups is 2. The summed E-state index contributed by atoms with van der Waals surface area (Å²) >= 11 is 0. The van der Waals surface area contributed by atoms with Crippen LogP contribution in [0.2, 0.25) is 0 Å². The maximum absolute atomic E-state index is 10.6. The van der Waals surface area contributed by atoms with Gasteiger partial charge in [0.05, 0.1) is 12.2 Å². The fourth-order valence-corrected chi connectivity index (χ4v) is 0.720. The number of carbonyl (C=O) groups excluding carboxylic acids is 2. The maximum atomic E-state index is 10.6. The molecule has 1 aliphatic rings. The molecule has 76 valence electrons. The summed E-state index contributed by atoms with van der Waals surface area (Å²) < 4.78 is 4.17. The predicted molar refractivity (Wildman–Crippen MR) is 52.9 cm³/mol. The lowest BCUT2D eigenvalue weighted by molar-refractivity contribution is -0.135. The molecule has 14 heavy (non-hydrogen) atoms. The van der Waals surface area contributed by atoms with Gasteiger partial charge in [-0.2, -0.15) is 0 Å². The van der Waals surface area contributed by atoms with E-state index in [-0.39, 0.29) is 17.8 Å². The van der Waals surface area contributed by atoms with Crippen LogP contribution in [-0.4, -0.2) is 11.9 Å². The van der Waals surface area contributed by atoms with E-state index in [1.54, 1.807) is 18.4 Å². The predicted octanol–water partition coefficient (Wildman–Crippen LogP) is 1.13. The number of esters is 1. The minimum Gasteiger partial charge on any atom is -0.435 e. The van der Waals surface area contributed by atoms with Crippen molar-refractivity contribution in [1.82, 2.24) is 5.32 Å². The van der Waals surface area contributed by atoms with Crippen molar-refractivity contribution < 1.29 is 14.3 Å². The Bertz CT molecular complexity index is 269. The molecule has 1 N–H and O–H groups in total. The summed E-state index contributed by atoms with van der Waals surface area (Å²) in [5.74, 6) is -0.417. The van der Waals surface area contributed by atoms with Crippen LogP contribution >= 0.6 is 0 Å². The van der Waals surface area contributed by atoms with Gasteiger partial charge in [0.2, 0.25) is 5.91 Å². The first-order valence-electron chi connectivity index (χ1n) is 3.99. The topological polar surface area (TPSA) is 55.4 Å². The van der Waals surface area contributed by atoms with E-state index in [0.29, 0.717) is 0 Å². The minimum atomic E-state index is -0.329. The molecular weight excluding hydrogens is 182 g/mol. The van der Waals surface area contributed by atoms with Gasteiger partial charge in [0.1, 0.15) is 0 Å². The Kier molecular flexibility index (Phi) is 5.78. The normalized spacial score (nSPS) is 17.5. The number of hydrogen-bond acceptors (Lipinski definition) is 3. The Labute approximate surface area is 82.9 Å². The Morgan fingerprint density at radius 3 is 2.43 bits per heavy atom. The lowest BCUT2D eigenvalue weighted by Crippen LogP contribution is -2.16. The minimum absolute atomic E-state index is 0.0139. The van der Waals surface area contributed by atoms with Gasteiger partial charge in [0.15, 0.2) is 0 Å². The highest BCUT2D eigenvalue weighted by atomic mass is 16.5. The molecule has 1 aliphatic heterocycles. The zero-order valence-corrected chi connectivity index (χ0v) is 8.03. The van der Waals surface area contributed by atoms with E-state index < -0.39 is 0 Å². The average molecular weight is 195 g/mol. The van der Waals surface area contributed by atoms with Crippen LogP contribution in [0.25, 0.3) is 0 Å². The molecule has 0 fully saturated rings. The van der Waals surface area contributed by atoms with Gasteiger partial charge in [-0.05, 0) is 0 Å². The van der Waals surface area contributed by atoms with E-state index in [0.717, 1.165) is 6.26 Å². The van der Waals surface area contributed by atoms with Gasteiger partial charge >= 0.3 is 5.97 Å². The highest BCUT2D eigenvalue weighted by Crippen LogP contribution is 2.04. The third-order valence-corrected chi connectivity index (χ3v) is 1.34. The van der Waals surface area contributed by atoms with E-state index in [1.165, 1.54) is 6.92 Å². The standard InChI is InChI=1S/C6H7NO.C4H6O2/c1-2-5-3-4-7-6(5)8;1-3-6-4(2)5/h2-5H,1H2,(H,7,8);3H,1H2,2H3/t5-;/m0./s1. The molecule has 1 atom stereocenters. The fraction of sp³-hybridized carbons (Fsp3) is 0.200. The number of amides is 1. The molecule has 1 rings (SSSR count). The molecule has 0 aromatic heterocycles. The first-order chi connectivity index (χ1) is 6.61. The van der Waals surface area contributed by atoms with Gasteiger partial charge in [-0.3, -0.25) is 9.59 Å². The van der Waals surface area contributed by atoms with Gasteiger partial charge in [0, 0.05) is 13.1 Å². The summed E-state index contributed by atoms with van der Waals surface area (Å²) in [7, 11) is 0. The quantitative estimate of drug-likeness (QED) is 0.408. The Morgan fingerprint density at radius 2 is 2.29 bits per heavy atom. The lowest BCUT2D eigenvalue weighted by Gasteiger charge is -1.93. The van der Waals surface area contributed by atoms with Crippen LogP contribution in [0.15, 0.2) is 37.8 Å². The van der Waals surface area contributed by atoms with Crippen LogP contribution in [0.5, 0.6) is 0 Å². The van der Waals surface area contributed by atoms with Crippen LogP contribution in [0, 0.1) is 5.92 Å². The largest absolute Gasteiger partial charge is 0.435 e. The zero-order chi connectivity index (χ0) is 11.0. The molecule has 0 bridgehead atoms. The molecule has 0 radical (unpaired) electrons. The van der Waals surface area contributed by atoms with Crippen molar-refractivity contribution in [2.75, 3.05) is 0 Å². The molecule has 0 saturated carbocycles. The molecule has 1 amide bonds. The summed E-state index contributed by atoms with van der Waals surface area (Å²) in [6.45, 7) is 7.96. The van der Waals surface area contributed by atoms with Crippen LogP contribution in [0.3, 0.4) is 0 Å². The van der Waals surface area contributed by atoms with E-state index in [2.05, 4.69) is 23.2 Å². The average Bonchev–Trinajstić information content (AvgIpc) is 2.51. The molecule has 0 aliphatic carbocycles. The number of hydrogen-bond donors (Lipinski definition) is 1. The van der Waals surface area contributed by atoms with Crippen molar-refractivity contribution in [3.63, 3.8) is 0 Å². The monoisotopic (exact) mass is 195 g/mol. The van der Waals surface area contributed by atoms with E-state index in [9.17, 15) is 9.59 Å². The van der Waals surface area contributed by atoms with Crippen LogP contribution in [0.1, 0.15) is 6.92 Å². The van der Waals surface area contributed by atoms with Crippen LogP contribution in [-0.2, 0) is 14.3 Å². The van der Waals surface area contributed by atoms with Crippen molar-refractivity contribution in [3.05, 3.63) is 37.8 Å². The third kappa shape index (κ3) is 4.92. The molecule has 0 aromatic rings. The van der Waals surface area contributed by atoms with Gasteiger partial charge < -0.3 is 10.1 Å². The maximum Gasteiger partial charge on any atom is 0.307 e. The first kappa shape index (κ1) is 12.2. The summed E-state index contributed by atoms with van der Waals surface area (Å²) in [5, 5.41) is 2.53. The number of ether oxygens (including phenoxy) is 1. The van der Waals surface area contributed by atoms with E-state index >= 15 is 0 Å². The molecule has 0 spiro atoms. The van der Waals surface area contributed by atoms with Gasteiger partial charge in [-0.25, -0.2) is 0 Å². The Morgan fingerprint density at radius 1 is 1.64 bits per heavy atom. The Hall–Kier alpha value is -1.84. The van der Waals surface area contributed by atoms with Crippen LogP contribution < -0.4 is 5.32 Å². The van der Waals surface area contributed by atoms with Crippen molar-refractivity contribution in [2.45, 2.75) is 6.92 Å². The summed E-state index contributed by atoms with van der Waals surface area (Å²) in [6.07, 6.45) is 6.12. The highest BCUT2D eigenvalue weighted by Gasteiger charge is 2.13. The lowest BCUT2D eigenvalue weighted by atomic mass is 10.2. The first-order valence-corrected chi connectivity index (χ1v) is 3.99. The van der Waals surface area contributed by atoms with Crippen molar-refractivity contribution in [1.29, 1.82) is 0 Å². The SMILES string of the molecule is C=COC(C)=O.C=C[C@H]1C=CNC1=O. The Balaban J connectivity index is 0.000000255. The molecule has 0 unspecified atom stereocenters. The zero-order valence-electron chi connectivity index (χ0n) is 8.03. The van der Waals surface area contributed by atoms with Gasteiger partial charge in [-0.15, -0.1) is 6.58 Å². The van der Waals surface area contributed by atoms with Gasteiger partial charge in [-0.1, -0.05) is 18.7 Å². The second kappa shape index (κ2) is 6.65. The molecule has 0 aromatic carbocycles. The van der Waals surface area contributed by atoms with E-state index in [1.807, 2.05) is 0 Å². The van der Waals surface area contributed by atoms with Crippen molar-refractivity contribution >= 4 is 11.9 Å². The van der Waals surface area contributed by atoms with E-state index in [4.69, 9.17) is 0 Å². The third-order valence-electron chi connectivity index (χ3n) is 1.34. The molecule has 1 heterocycles. The van der Waals surface area contributed by atoms with Crippen molar-refractivity contribution in [3.8, 4) is 0 Å². The van der Waals surface area contributed by atoms with Gasteiger partial charge in [0.25, 0.3) is 0 Å². The highest BCUT2D eigenvalue weighted by molar-refractivity contribution is 5.85. The second-order valence-corrected chi connectivity index (χ2v) is 2.41.